The average molecular weight is 294 g/mol. The monoisotopic (exact) mass is 294 g/mol. The van der Waals surface area contributed by atoms with Crippen LogP contribution in [0, 0.1) is 0 Å². The van der Waals surface area contributed by atoms with E-state index >= 15 is 0 Å². The molecule has 2 heterocycles. The van der Waals surface area contributed by atoms with Crippen LogP contribution in [0.15, 0.2) is 9.59 Å². The minimum atomic E-state index is -0.383. The first-order valence-corrected chi connectivity index (χ1v) is 6.88. The summed E-state index contributed by atoms with van der Waals surface area (Å²) in [6.45, 7) is 3.00. The molecule has 0 aliphatic heterocycles. The molecule has 2 aromatic heterocycles. The van der Waals surface area contributed by atoms with Crippen molar-refractivity contribution in [1.29, 1.82) is 0 Å². The Hall–Kier alpha value is -2.09. The van der Waals surface area contributed by atoms with Gasteiger partial charge in [-0.15, -0.1) is 0 Å². The highest BCUT2D eigenvalue weighted by molar-refractivity contribution is 5.72. The molecule has 21 heavy (non-hydrogen) atoms. The number of fused-ring (bicyclic) bond motifs is 1. The fourth-order valence-electron chi connectivity index (χ4n) is 2.15. The highest BCUT2D eigenvalue weighted by Gasteiger charge is 2.14. The van der Waals surface area contributed by atoms with Gasteiger partial charge in [0.25, 0.3) is 5.56 Å². The number of imidazole rings is 1. The Labute approximate surface area is 122 Å². The predicted molar refractivity (Wildman–Crippen MR) is 82.8 cm³/mol. The van der Waals surface area contributed by atoms with E-state index in [1.807, 2.05) is 21.0 Å². The number of nitrogens with one attached hydrogen (secondary N) is 2. The molecule has 116 valence electrons. The zero-order valence-corrected chi connectivity index (χ0v) is 13.1. The van der Waals surface area contributed by atoms with E-state index < -0.39 is 0 Å². The molecule has 2 rings (SSSR count). The van der Waals surface area contributed by atoms with Gasteiger partial charge >= 0.3 is 5.69 Å². The van der Waals surface area contributed by atoms with Gasteiger partial charge in [0.05, 0.1) is 0 Å². The molecule has 1 atom stereocenters. The lowest BCUT2D eigenvalue weighted by molar-refractivity contribution is 0.390. The molecule has 0 aliphatic rings. The Balaban J connectivity index is 2.32. The molecule has 1 unspecified atom stereocenters. The summed E-state index contributed by atoms with van der Waals surface area (Å²) >= 11 is 0. The van der Waals surface area contributed by atoms with Gasteiger partial charge < -0.3 is 15.2 Å². The fraction of sp³-hybridized carbons (Fsp3) is 0.615. The third kappa shape index (κ3) is 2.99. The van der Waals surface area contributed by atoms with E-state index in [-0.39, 0.29) is 17.3 Å². The smallest absolute Gasteiger partial charge is 0.332 e. The van der Waals surface area contributed by atoms with E-state index in [1.54, 1.807) is 7.05 Å². The zero-order valence-electron chi connectivity index (χ0n) is 13.1. The summed E-state index contributed by atoms with van der Waals surface area (Å²) in [4.78, 5) is 33.3. The van der Waals surface area contributed by atoms with Crippen molar-refractivity contribution in [2.75, 3.05) is 26.0 Å². The summed E-state index contributed by atoms with van der Waals surface area (Å²) in [6.07, 6.45) is 0.945. The van der Waals surface area contributed by atoms with E-state index in [0.717, 1.165) is 17.5 Å². The largest absolute Gasteiger partial charge is 0.353 e. The molecule has 0 aromatic carbocycles. The molecule has 0 fully saturated rings. The van der Waals surface area contributed by atoms with E-state index in [1.165, 1.54) is 11.6 Å². The van der Waals surface area contributed by atoms with E-state index in [0.29, 0.717) is 17.1 Å². The van der Waals surface area contributed by atoms with Gasteiger partial charge in [-0.2, -0.15) is 4.98 Å². The van der Waals surface area contributed by atoms with Gasteiger partial charge in [-0.05, 0) is 34.0 Å². The Morgan fingerprint density at radius 3 is 2.57 bits per heavy atom. The number of aryl methyl sites for hydroxylation is 1. The molecular weight excluding hydrogens is 272 g/mol. The Morgan fingerprint density at radius 1 is 1.29 bits per heavy atom. The van der Waals surface area contributed by atoms with Crippen molar-refractivity contribution < 1.29 is 0 Å². The quantitative estimate of drug-likeness (QED) is 0.791. The number of aromatic amines is 1. The van der Waals surface area contributed by atoms with Crippen molar-refractivity contribution in [2.24, 2.45) is 14.1 Å². The summed E-state index contributed by atoms with van der Waals surface area (Å²) in [7, 11) is 7.10. The third-order valence-electron chi connectivity index (χ3n) is 3.49. The molecule has 2 N–H and O–H groups in total. The molecule has 0 saturated heterocycles. The number of H-pyrrole nitrogens is 1. The standard InChI is InChI=1S/C13H22N6O2/c1-8(6-7-17(2)3)14-12-15-9-10(16-12)18(4)13(21)19(5)11(9)20/h8H,6-7H2,1-5H3,(H2,14,15,16). The van der Waals surface area contributed by atoms with Crippen LogP contribution in [-0.4, -0.2) is 50.7 Å². The molecule has 0 saturated carbocycles. The van der Waals surface area contributed by atoms with Crippen molar-refractivity contribution in [1.82, 2.24) is 24.0 Å². The van der Waals surface area contributed by atoms with Crippen molar-refractivity contribution in [2.45, 2.75) is 19.4 Å². The zero-order chi connectivity index (χ0) is 15.7. The molecule has 0 bridgehead atoms. The van der Waals surface area contributed by atoms with Crippen LogP contribution in [0.5, 0.6) is 0 Å². The maximum atomic E-state index is 12.1. The molecule has 8 heteroatoms. The second-order valence-corrected chi connectivity index (χ2v) is 5.63. The van der Waals surface area contributed by atoms with Crippen LogP contribution in [0.2, 0.25) is 0 Å². The second kappa shape index (κ2) is 5.72. The summed E-state index contributed by atoms with van der Waals surface area (Å²) in [5.74, 6) is 0.509. The summed E-state index contributed by atoms with van der Waals surface area (Å²) in [6, 6.07) is 0.203. The van der Waals surface area contributed by atoms with Crippen molar-refractivity contribution in [3.8, 4) is 0 Å². The molecular formula is C13H22N6O2. The summed E-state index contributed by atoms with van der Waals surface area (Å²) < 4.78 is 2.43. The topological polar surface area (TPSA) is 88.0 Å². The van der Waals surface area contributed by atoms with Crippen molar-refractivity contribution in [3.05, 3.63) is 20.8 Å². The number of hydrogen-bond donors (Lipinski definition) is 2. The van der Waals surface area contributed by atoms with E-state index in [2.05, 4.69) is 20.2 Å². The van der Waals surface area contributed by atoms with Crippen LogP contribution in [0.1, 0.15) is 13.3 Å². The summed E-state index contributed by atoms with van der Waals surface area (Å²) in [5, 5.41) is 3.22. The first kappa shape index (κ1) is 15.3. The number of nitrogens with zero attached hydrogens (tertiary/aromatic N) is 4. The number of anilines is 1. The predicted octanol–water partition coefficient (Wildman–Crippen LogP) is -0.288. The van der Waals surface area contributed by atoms with Crippen LogP contribution >= 0.6 is 0 Å². The normalized spacial score (nSPS) is 13.0. The maximum absolute atomic E-state index is 12.1. The third-order valence-corrected chi connectivity index (χ3v) is 3.49. The average Bonchev–Trinajstić information content (AvgIpc) is 2.84. The first-order valence-electron chi connectivity index (χ1n) is 6.88. The molecule has 2 aromatic rings. The highest BCUT2D eigenvalue weighted by Crippen LogP contribution is 2.10. The second-order valence-electron chi connectivity index (χ2n) is 5.63. The van der Waals surface area contributed by atoms with Crippen LogP contribution in [0.4, 0.5) is 5.95 Å². The maximum Gasteiger partial charge on any atom is 0.332 e. The summed E-state index contributed by atoms with van der Waals surface area (Å²) in [5.41, 5.74) is -0.0480. The Kier molecular flexibility index (Phi) is 4.17. The number of aromatic nitrogens is 4. The van der Waals surface area contributed by atoms with Crippen molar-refractivity contribution in [3.63, 3.8) is 0 Å². The lowest BCUT2D eigenvalue weighted by Gasteiger charge is -2.15. The van der Waals surface area contributed by atoms with Gasteiger partial charge in [-0.3, -0.25) is 13.9 Å². The fourth-order valence-corrected chi connectivity index (χ4v) is 2.15. The van der Waals surface area contributed by atoms with Crippen LogP contribution in [-0.2, 0) is 14.1 Å². The van der Waals surface area contributed by atoms with Crippen LogP contribution < -0.4 is 16.6 Å². The molecule has 0 radical (unpaired) electrons. The van der Waals surface area contributed by atoms with E-state index in [9.17, 15) is 9.59 Å². The van der Waals surface area contributed by atoms with E-state index in [4.69, 9.17) is 0 Å². The number of rotatable bonds is 5. The molecule has 0 spiro atoms. The number of hydrogen-bond acceptors (Lipinski definition) is 5. The van der Waals surface area contributed by atoms with Crippen molar-refractivity contribution >= 4 is 17.1 Å². The van der Waals surface area contributed by atoms with Gasteiger partial charge in [-0.1, -0.05) is 0 Å². The molecule has 8 nitrogen and oxygen atoms in total. The Bertz CT molecular complexity index is 754. The van der Waals surface area contributed by atoms with Crippen LogP contribution in [0.3, 0.4) is 0 Å². The minimum absolute atomic E-state index is 0.203. The lowest BCUT2D eigenvalue weighted by Crippen LogP contribution is -2.36. The van der Waals surface area contributed by atoms with Gasteiger partial charge in [0.15, 0.2) is 11.2 Å². The highest BCUT2D eigenvalue weighted by atomic mass is 16.2. The van der Waals surface area contributed by atoms with Crippen LogP contribution in [0.25, 0.3) is 11.2 Å². The minimum Gasteiger partial charge on any atom is -0.353 e. The SMILES string of the molecule is CC(CCN(C)C)Nc1nc2c([nH]1)c(=O)n(C)c(=O)n2C. The molecule has 0 amide bonds. The lowest BCUT2D eigenvalue weighted by atomic mass is 10.2. The van der Waals surface area contributed by atoms with Gasteiger partial charge in [0, 0.05) is 20.1 Å². The first-order chi connectivity index (χ1) is 9.81. The Morgan fingerprint density at radius 2 is 1.95 bits per heavy atom. The van der Waals surface area contributed by atoms with Gasteiger partial charge in [0.1, 0.15) is 0 Å². The van der Waals surface area contributed by atoms with Gasteiger partial charge in [0.2, 0.25) is 5.95 Å². The van der Waals surface area contributed by atoms with Gasteiger partial charge in [-0.25, -0.2) is 4.79 Å². The molecule has 0 aliphatic carbocycles.